The van der Waals surface area contributed by atoms with Crippen molar-refractivity contribution < 1.29 is 13.2 Å². The van der Waals surface area contributed by atoms with Gasteiger partial charge in [0, 0.05) is 11.1 Å². The lowest BCUT2D eigenvalue weighted by Crippen LogP contribution is -2.40. The lowest BCUT2D eigenvalue weighted by molar-refractivity contribution is 0.0932. The Morgan fingerprint density at radius 1 is 1.14 bits per heavy atom. The highest BCUT2D eigenvalue weighted by Gasteiger charge is 2.26. The second kappa shape index (κ2) is 7.85. The Labute approximate surface area is 171 Å². The normalized spacial score (nSPS) is 17.1. The summed E-state index contributed by atoms with van der Waals surface area (Å²) in [5.41, 5.74) is 1.97. The van der Waals surface area contributed by atoms with Gasteiger partial charge in [-0.25, -0.2) is 13.1 Å². The first-order valence-corrected chi connectivity index (χ1v) is 11.2. The number of carbonyl (C=O) groups excluding carboxylic acids is 1. The molecule has 0 fully saturated rings. The first-order valence-electron chi connectivity index (χ1n) is 9.29. The second-order valence-electron chi connectivity index (χ2n) is 8.12. The van der Waals surface area contributed by atoms with Gasteiger partial charge >= 0.3 is 0 Å². The minimum Gasteiger partial charge on any atom is -0.345 e. The minimum atomic E-state index is -3.85. The van der Waals surface area contributed by atoms with Gasteiger partial charge in [0.1, 0.15) is 4.90 Å². The van der Waals surface area contributed by atoms with Crippen LogP contribution < -0.4 is 10.0 Å². The molecule has 2 aromatic carbocycles. The lowest BCUT2D eigenvalue weighted by Gasteiger charge is -2.26. The van der Waals surface area contributed by atoms with Crippen LogP contribution in [0.25, 0.3) is 0 Å². The summed E-state index contributed by atoms with van der Waals surface area (Å²) in [5, 5.41) is 3.12. The molecule has 0 saturated carbocycles. The van der Waals surface area contributed by atoms with E-state index in [0.29, 0.717) is 0 Å². The minimum absolute atomic E-state index is 0.0799. The molecule has 1 aliphatic carbocycles. The first kappa shape index (κ1) is 20.8. The molecule has 0 aliphatic heterocycles. The fourth-order valence-electron chi connectivity index (χ4n) is 3.45. The van der Waals surface area contributed by atoms with Gasteiger partial charge in [-0.15, -0.1) is 0 Å². The predicted octanol–water partition coefficient (Wildman–Crippen LogP) is 4.22. The molecule has 1 atom stereocenters. The van der Waals surface area contributed by atoms with Gasteiger partial charge in [0.15, 0.2) is 0 Å². The zero-order chi connectivity index (χ0) is 20.5. The number of nitrogens with one attached hydrogen (secondary N) is 2. The van der Waals surface area contributed by atoms with Crippen molar-refractivity contribution >= 4 is 27.5 Å². The molecule has 2 aromatic rings. The number of amides is 1. The van der Waals surface area contributed by atoms with Crippen molar-refractivity contribution in [2.24, 2.45) is 0 Å². The number of benzene rings is 2. The van der Waals surface area contributed by atoms with Crippen LogP contribution in [0, 0.1) is 0 Å². The molecule has 28 heavy (non-hydrogen) atoms. The van der Waals surface area contributed by atoms with Crippen molar-refractivity contribution in [3.8, 4) is 0 Å². The van der Waals surface area contributed by atoms with Crippen molar-refractivity contribution in [1.82, 2.24) is 10.0 Å². The van der Waals surface area contributed by atoms with Gasteiger partial charge in [0.05, 0.1) is 11.1 Å². The van der Waals surface area contributed by atoms with E-state index < -0.39 is 15.6 Å². The van der Waals surface area contributed by atoms with E-state index in [1.165, 1.54) is 17.7 Å². The number of rotatable bonds is 4. The van der Waals surface area contributed by atoms with E-state index in [2.05, 4.69) is 16.1 Å². The summed E-state index contributed by atoms with van der Waals surface area (Å²) in [5.74, 6) is -0.314. The van der Waals surface area contributed by atoms with Crippen molar-refractivity contribution in [2.75, 3.05) is 0 Å². The smallest absolute Gasteiger partial charge is 0.251 e. The van der Waals surface area contributed by atoms with Crippen LogP contribution in [0.1, 0.15) is 61.1 Å². The van der Waals surface area contributed by atoms with E-state index in [9.17, 15) is 13.2 Å². The highest BCUT2D eigenvalue weighted by atomic mass is 35.5. The summed E-state index contributed by atoms with van der Waals surface area (Å²) in [4.78, 5) is 12.7. The molecule has 0 unspecified atom stereocenters. The maximum Gasteiger partial charge on any atom is 0.251 e. The topological polar surface area (TPSA) is 75.3 Å². The molecule has 0 bridgehead atoms. The number of hydrogen-bond donors (Lipinski definition) is 2. The molecule has 0 radical (unpaired) electrons. The zero-order valence-electron chi connectivity index (χ0n) is 16.3. The molecule has 2 N–H and O–H groups in total. The third-order valence-corrected chi connectivity index (χ3v) is 6.84. The standard InChI is InChI=1S/C21H25ClN2O3S/c1-21(2,3)24-28(26,27)19-13-15(11-12-17(19)22)20(25)23-18-10-6-8-14-7-4-5-9-16(14)18/h4-5,7,9,11-13,18,24H,6,8,10H2,1-3H3,(H,23,25)/t18-/m1/s1. The molecule has 5 nitrogen and oxygen atoms in total. The third-order valence-electron chi connectivity index (χ3n) is 4.60. The predicted molar refractivity (Wildman–Crippen MR) is 111 cm³/mol. The van der Waals surface area contributed by atoms with Gasteiger partial charge in [-0.2, -0.15) is 0 Å². The summed E-state index contributed by atoms with van der Waals surface area (Å²) in [6, 6.07) is 12.3. The number of halogens is 1. The second-order valence-corrected chi connectivity index (χ2v) is 10.2. The molecule has 1 amide bonds. The maximum atomic E-state index is 12.8. The van der Waals surface area contributed by atoms with Crippen LogP contribution in [0.3, 0.4) is 0 Å². The molecule has 7 heteroatoms. The molecule has 3 rings (SSSR count). The van der Waals surface area contributed by atoms with Gasteiger partial charge in [-0.05, 0) is 69.4 Å². The molecule has 0 aromatic heterocycles. The van der Waals surface area contributed by atoms with Crippen molar-refractivity contribution in [3.63, 3.8) is 0 Å². The Morgan fingerprint density at radius 2 is 1.86 bits per heavy atom. The molecule has 1 aliphatic rings. The summed E-state index contributed by atoms with van der Waals surface area (Å²) >= 11 is 6.12. The molecule has 0 spiro atoms. The Hall–Kier alpha value is -1.89. The van der Waals surface area contributed by atoms with E-state index in [-0.39, 0.29) is 27.4 Å². The molecule has 0 heterocycles. The monoisotopic (exact) mass is 420 g/mol. The fourth-order valence-corrected chi connectivity index (χ4v) is 5.40. The number of aryl methyl sites for hydroxylation is 1. The quantitative estimate of drug-likeness (QED) is 0.777. The Balaban J connectivity index is 1.86. The van der Waals surface area contributed by atoms with Crippen molar-refractivity contribution in [1.29, 1.82) is 0 Å². The number of sulfonamides is 1. The summed E-state index contributed by atoms with van der Waals surface area (Å²) in [6.07, 6.45) is 2.86. The average molecular weight is 421 g/mol. The van der Waals surface area contributed by atoms with Gasteiger partial charge in [-0.3, -0.25) is 4.79 Å². The van der Waals surface area contributed by atoms with E-state index >= 15 is 0 Å². The highest BCUT2D eigenvalue weighted by molar-refractivity contribution is 7.89. The largest absolute Gasteiger partial charge is 0.345 e. The van der Waals surface area contributed by atoms with Crippen LogP contribution in [0.5, 0.6) is 0 Å². The van der Waals surface area contributed by atoms with Gasteiger partial charge < -0.3 is 5.32 Å². The zero-order valence-corrected chi connectivity index (χ0v) is 17.8. The highest BCUT2D eigenvalue weighted by Crippen LogP contribution is 2.30. The van der Waals surface area contributed by atoms with Crippen LogP contribution in [-0.2, 0) is 16.4 Å². The molecular formula is C21H25ClN2O3S. The van der Waals surface area contributed by atoms with Gasteiger partial charge in [0.2, 0.25) is 10.0 Å². The first-order chi connectivity index (χ1) is 13.1. The van der Waals surface area contributed by atoms with Crippen molar-refractivity contribution in [3.05, 3.63) is 64.2 Å². The average Bonchev–Trinajstić information content (AvgIpc) is 2.60. The Morgan fingerprint density at radius 3 is 2.57 bits per heavy atom. The fraction of sp³-hybridized carbons (Fsp3) is 0.381. The van der Waals surface area contributed by atoms with Crippen LogP contribution in [0.2, 0.25) is 5.02 Å². The SMILES string of the molecule is CC(C)(C)NS(=O)(=O)c1cc(C(=O)N[C@@H]2CCCc3ccccc32)ccc1Cl. The van der Waals surface area contributed by atoms with E-state index in [1.54, 1.807) is 26.8 Å². The lowest BCUT2D eigenvalue weighted by atomic mass is 9.87. The van der Waals surface area contributed by atoms with Gasteiger partial charge in [0.25, 0.3) is 5.91 Å². The summed E-state index contributed by atoms with van der Waals surface area (Å²) in [6.45, 7) is 5.24. The molecule has 150 valence electrons. The van der Waals surface area contributed by atoms with Crippen LogP contribution >= 0.6 is 11.6 Å². The molecular weight excluding hydrogens is 396 g/mol. The van der Waals surface area contributed by atoms with Crippen LogP contribution in [0.15, 0.2) is 47.4 Å². The maximum absolute atomic E-state index is 12.8. The third kappa shape index (κ3) is 4.74. The number of fused-ring (bicyclic) bond motifs is 1. The van der Waals surface area contributed by atoms with Gasteiger partial charge in [-0.1, -0.05) is 35.9 Å². The Kier molecular flexibility index (Phi) is 5.84. The van der Waals surface area contributed by atoms with Crippen LogP contribution in [-0.4, -0.2) is 19.9 Å². The number of hydrogen-bond acceptors (Lipinski definition) is 3. The van der Waals surface area contributed by atoms with E-state index in [0.717, 1.165) is 24.8 Å². The summed E-state index contributed by atoms with van der Waals surface area (Å²) < 4.78 is 27.9. The van der Waals surface area contributed by atoms with E-state index in [4.69, 9.17) is 11.6 Å². The Bertz CT molecular complexity index is 997. The summed E-state index contributed by atoms with van der Waals surface area (Å²) in [7, 11) is -3.85. The van der Waals surface area contributed by atoms with Crippen molar-refractivity contribution in [2.45, 2.75) is 56.5 Å². The van der Waals surface area contributed by atoms with E-state index in [1.807, 2.05) is 18.2 Å². The number of carbonyl (C=O) groups is 1. The molecule has 0 saturated heterocycles. The van der Waals surface area contributed by atoms with Crippen LogP contribution in [0.4, 0.5) is 0 Å².